The largest absolute Gasteiger partial charge is 0.484 e. The van der Waals surface area contributed by atoms with Crippen LogP contribution in [0.25, 0.3) is 43.1 Å². The predicted octanol–water partition coefficient (Wildman–Crippen LogP) is 24.0. The van der Waals surface area contributed by atoms with Gasteiger partial charge in [-0.1, -0.05) is 183 Å². The van der Waals surface area contributed by atoms with Crippen LogP contribution in [0.2, 0.25) is 0 Å². The van der Waals surface area contributed by atoms with Crippen molar-refractivity contribution in [3.8, 4) is 41.8 Å². The fraction of sp³-hybridized carbons (Fsp3) is 0.353. The number of aliphatic carboxylic acids is 1. The number of nitrogens with zero attached hydrogens (tertiary/aromatic N) is 9. The van der Waals surface area contributed by atoms with Gasteiger partial charge >= 0.3 is 29.8 Å². The van der Waals surface area contributed by atoms with Gasteiger partial charge in [0.25, 0.3) is 28.7 Å². The van der Waals surface area contributed by atoms with Crippen LogP contribution < -0.4 is 27.0 Å². The van der Waals surface area contributed by atoms with Crippen molar-refractivity contribution in [3.05, 3.63) is 334 Å². The number of carbonyl (C=O) groups is 6. The third kappa shape index (κ3) is 35.8. The van der Waals surface area contributed by atoms with Crippen molar-refractivity contribution in [2.24, 2.45) is 42.5 Å². The summed E-state index contributed by atoms with van der Waals surface area (Å²) in [5.41, 5.74) is 12.5. The van der Waals surface area contributed by atoms with Crippen LogP contribution in [0.1, 0.15) is 221 Å². The van der Waals surface area contributed by atoms with Crippen molar-refractivity contribution in [1.29, 1.82) is 0 Å². The lowest BCUT2D eigenvalue weighted by Gasteiger charge is -2.32. The molecule has 13 aromatic rings. The summed E-state index contributed by atoms with van der Waals surface area (Å²) in [6.07, 6.45) is 22.8. The number of hydrogen-bond acceptors (Lipinski definition) is 20. The maximum Gasteiger partial charge on any atom is 0.346 e. The summed E-state index contributed by atoms with van der Waals surface area (Å²) in [5.74, 6) is 13.8. The predicted molar refractivity (Wildman–Crippen MR) is 611 cm³/mol. The molecule has 0 amide bonds. The van der Waals surface area contributed by atoms with E-state index < -0.39 is 29.8 Å². The van der Waals surface area contributed by atoms with Crippen LogP contribution in [0, 0.1) is 68.5 Å². The molecule has 31 heteroatoms. The van der Waals surface area contributed by atoms with Crippen molar-refractivity contribution in [1.82, 2.24) is 33.2 Å². The Morgan fingerprint density at radius 2 is 0.860 bits per heavy atom. The van der Waals surface area contributed by atoms with Crippen LogP contribution in [0.5, 0.6) is 5.75 Å². The highest BCUT2D eigenvalue weighted by Crippen LogP contribution is 2.38. The van der Waals surface area contributed by atoms with Crippen LogP contribution in [0.3, 0.4) is 0 Å². The third-order valence-electron chi connectivity index (χ3n) is 25.7. The average Bonchev–Trinajstić information content (AvgIpc) is 0.776. The van der Waals surface area contributed by atoms with E-state index in [4.69, 9.17) is 21.0 Å². The highest BCUT2D eigenvalue weighted by Gasteiger charge is 2.33. The van der Waals surface area contributed by atoms with Crippen molar-refractivity contribution in [2.75, 3.05) is 27.3 Å². The summed E-state index contributed by atoms with van der Waals surface area (Å²) in [6.45, 7) is 34.7. The fourth-order valence-electron chi connectivity index (χ4n) is 17.5. The zero-order valence-electron chi connectivity index (χ0n) is 87.4. The Morgan fingerprint density at radius 1 is 0.447 bits per heavy atom. The summed E-state index contributed by atoms with van der Waals surface area (Å²) in [6, 6.07) is 58.9. The van der Waals surface area contributed by atoms with Gasteiger partial charge in [0.05, 0.1) is 32.6 Å². The lowest BCUT2D eigenvalue weighted by Crippen LogP contribution is -2.35. The molecule has 14 heterocycles. The zero-order valence-corrected chi connectivity index (χ0v) is 95.3. The van der Waals surface area contributed by atoms with Gasteiger partial charge in [-0.05, 0) is 306 Å². The lowest BCUT2D eigenvalue weighted by molar-refractivity contribution is -0.156. The Bertz CT molecular complexity index is 7600. The first-order valence-electron chi connectivity index (χ1n) is 48.8. The van der Waals surface area contributed by atoms with Crippen molar-refractivity contribution in [2.45, 2.75) is 213 Å². The second-order valence-corrected chi connectivity index (χ2v) is 45.3. The topological polar surface area (TPSA) is 320 Å². The average molecular weight is 2330 g/mol. The first kappa shape index (κ1) is 120. The van der Waals surface area contributed by atoms with Gasteiger partial charge in [-0.15, -0.1) is 31.2 Å². The van der Waals surface area contributed by atoms with E-state index in [1.807, 2.05) is 140 Å². The molecule has 0 fully saturated rings. The molecule has 0 radical (unpaired) electrons. The van der Waals surface area contributed by atoms with E-state index in [9.17, 15) is 47.9 Å². The molecule has 7 aromatic heterocycles. The van der Waals surface area contributed by atoms with E-state index in [1.54, 1.807) is 69.2 Å². The molecule has 0 unspecified atom stereocenters. The molecular weight excluding hydrogens is 2200 g/mol. The molecule has 6 aromatic carbocycles. The summed E-state index contributed by atoms with van der Waals surface area (Å²) >= 11 is 13.4. The van der Waals surface area contributed by atoms with Crippen molar-refractivity contribution in [3.63, 3.8) is 0 Å². The second kappa shape index (κ2) is 54.6. The van der Waals surface area contributed by atoms with Gasteiger partial charge in [0.2, 0.25) is 0 Å². The third-order valence-corrected chi connectivity index (χ3v) is 27.7. The van der Waals surface area contributed by atoms with Crippen molar-refractivity contribution < 1.29 is 57.6 Å². The number of fused-ring (bicyclic) bond motifs is 9. The highest BCUT2D eigenvalue weighted by atomic mass is 79.9. The number of esters is 4. The van der Waals surface area contributed by atoms with E-state index in [2.05, 4.69) is 240 Å². The zero-order chi connectivity index (χ0) is 108. The van der Waals surface area contributed by atoms with Crippen LogP contribution in [-0.4, -0.2) is 114 Å². The SMILES string of the molecule is C#Cc1ccccn1.CC(=O)OC(C)=O.CC1(C)CCc2cc3cc(Br)ccc3c(=O)n2C1.CC1(C)CCc2cc3cc(C#Cc4ccccn4)ccc3c(=O)n2C1.CC1(C)CCn2c(cc3cc(Br)ccc3c2=O)C1.CC1(C)CCn2c(cc3cc(C#Cc4ccccn4)ccc3c2=O)C1.COC1=NCC(C)(C)CC1.COC1=NCCC(C)(C)C1.Cl.Cl.O=C1Cc2cc(Br)ccc2C(=O)O1.O=COc1ccc(Br)cc1CC(=O)O. The highest BCUT2D eigenvalue weighted by molar-refractivity contribution is 9.11. The Morgan fingerprint density at radius 3 is 1.26 bits per heavy atom. The van der Waals surface area contributed by atoms with E-state index >= 15 is 0 Å². The monoisotopic (exact) mass is 2320 g/mol. The van der Waals surface area contributed by atoms with E-state index in [-0.39, 0.29) is 88.4 Å². The van der Waals surface area contributed by atoms with Crippen LogP contribution in [0.4, 0.5) is 0 Å². The number of carboxylic acid groups (broad SMARTS) is 1. The molecule has 0 saturated heterocycles. The molecule has 7 aliphatic rings. The molecule has 0 spiro atoms. The van der Waals surface area contributed by atoms with Crippen LogP contribution in [-0.2, 0) is 108 Å². The van der Waals surface area contributed by atoms with Gasteiger partial charge in [0, 0.05) is 163 Å². The van der Waals surface area contributed by atoms with Gasteiger partial charge in [-0.25, -0.2) is 19.7 Å². The summed E-state index contributed by atoms with van der Waals surface area (Å²) in [4.78, 5) is 134. The van der Waals surface area contributed by atoms with E-state index in [1.165, 1.54) is 44.1 Å². The smallest absolute Gasteiger partial charge is 0.346 e. The molecule has 1 N–H and O–H groups in total. The lowest BCUT2D eigenvalue weighted by atomic mass is 9.81. The number of methoxy groups -OCH3 is 2. The minimum absolute atomic E-state index is 0. The number of benzene rings is 6. The van der Waals surface area contributed by atoms with Crippen LogP contribution >= 0.6 is 88.5 Å². The molecule has 7 aliphatic heterocycles. The standard InChI is InChI=1S/2C22H20N2O.2C15H16BrNO.C9H7BrO4.C9H5BrO3.2C8H15NO.C7H5N.C4H6O3.2ClH/c1-22(2)11-10-19-14-17-13-16(6-8-18-5-3-4-12-23-18)7-9-20(17)21(25)24(19)15-22;1-22(2)10-12-24-19(15-22)14-17-13-16(7-9-20(17)21(24)25)6-8-18-5-3-4-11-23-18;1-15(2)5-6-17-12(9-15)8-10-7-11(16)3-4-13(10)14(17)18;1-15(2)6-5-12-8-10-7-11(16)3-4-13(10)14(18)17(12)9-15;10-7-1-2-8(14-5-11)6(3-7)4-9(12)13;10-6-1-2-7-5(3-6)4-8(11)13-9(7)12;1-8(2)4-5-9-7(6-8)10-3;1-8(2)5-4-7(10-3)9-6-8;1-2-7-5-3-4-6-8-7;1-3(5)7-4(2)6;;/h3-5,7,9,12-14H,10-11,15H2,1-2H3;3-5,7,9,11,13-14H,10,12,15H2,1-2H3;2*3-4,7-8H,5-6,9H2,1-2H3;1-3,5H,4H2,(H,12,13);1-3H,4H2;2*4-6H2,1-3H3;1,3-6H;1-2H3;2*1H. The number of hydrogen-bond donors (Lipinski definition) is 1. The van der Waals surface area contributed by atoms with Gasteiger partial charge in [-0.2, -0.15) is 0 Å². The number of aliphatic imine (C=N–C) groups is 2. The minimum atomic E-state index is -0.973. The molecular formula is C119H127Br4Cl2N9O16. The number of carboxylic acids is 1. The van der Waals surface area contributed by atoms with Gasteiger partial charge < -0.3 is 47.1 Å². The molecule has 0 atom stereocenters. The molecule has 0 bridgehead atoms. The van der Waals surface area contributed by atoms with Gasteiger partial charge in [0.15, 0.2) is 11.8 Å². The normalized spacial score (nSPS) is 15.5. The van der Waals surface area contributed by atoms with E-state index in [0.29, 0.717) is 33.1 Å². The number of aryl methyl sites for hydroxylation is 2. The number of cyclic esters (lactones) is 2. The summed E-state index contributed by atoms with van der Waals surface area (Å²) < 4.78 is 34.6. The Kier molecular flexibility index (Phi) is 43.8. The Labute approximate surface area is 921 Å². The Hall–Kier alpha value is -13.1. The maximum absolute atomic E-state index is 12.9. The quantitative estimate of drug-likeness (QED) is 0.0740. The molecule has 786 valence electrons. The molecule has 0 aliphatic carbocycles. The second-order valence-electron chi connectivity index (χ2n) is 41.6. The summed E-state index contributed by atoms with van der Waals surface area (Å²) in [7, 11) is 3.39. The number of aromatic nitrogens is 7. The molecule has 25 nitrogen and oxygen atoms in total. The Balaban J connectivity index is 0.000000189. The maximum atomic E-state index is 12.9. The number of halogens is 6. The van der Waals surface area contributed by atoms with Gasteiger partial charge in [-0.3, -0.25) is 53.1 Å². The van der Waals surface area contributed by atoms with Crippen molar-refractivity contribution >= 4 is 180 Å². The number of pyridine rings is 7. The van der Waals surface area contributed by atoms with Gasteiger partial charge in [0.1, 0.15) is 22.8 Å². The summed E-state index contributed by atoms with van der Waals surface area (Å²) in [5, 5.41) is 15.8. The number of terminal acetylenes is 1. The minimum Gasteiger partial charge on any atom is -0.484 e. The number of carbonyl (C=O) groups excluding carboxylic acids is 5. The van der Waals surface area contributed by atoms with Crippen LogP contribution in [0.15, 0.2) is 254 Å². The number of rotatable bonds is 4. The molecule has 150 heavy (non-hydrogen) atoms. The first-order chi connectivity index (χ1) is 70.1. The fourth-order valence-corrected chi connectivity index (χ4v) is 19.1. The molecule has 0 saturated carbocycles. The number of ether oxygens (including phenoxy) is 5. The van der Waals surface area contributed by atoms with E-state index in [0.717, 1.165) is 216 Å². The molecule has 20 rings (SSSR count). The first-order valence-corrected chi connectivity index (χ1v) is 52.0.